The van der Waals surface area contributed by atoms with Gasteiger partial charge in [0.05, 0.1) is 5.69 Å². The second-order valence-electron chi connectivity index (χ2n) is 3.84. The van der Waals surface area contributed by atoms with Crippen LogP contribution in [-0.2, 0) is 0 Å². The van der Waals surface area contributed by atoms with Crippen LogP contribution >= 0.6 is 0 Å². The van der Waals surface area contributed by atoms with E-state index in [4.69, 9.17) is 0 Å². The van der Waals surface area contributed by atoms with E-state index < -0.39 is 5.82 Å². The Bertz CT molecular complexity index is 354. The summed E-state index contributed by atoms with van der Waals surface area (Å²) in [4.78, 5) is 1.90. The van der Waals surface area contributed by atoms with Gasteiger partial charge >= 0.3 is 0 Å². The molecule has 0 bridgehead atoms. The molecule has 0 amide bonds. The maximum Gasteiger partial charge on any atom is 0.146 e. The first kappa shape index (κ1) is 10.4. The van der Waals surface area contributed by atoms with E-state index in [0.717, 1.165) is 19.2 Å². The van der Waals surface area contributed by atoms with Crippen LogP contribution in [0, 0.1) is 11.6 Å². The molecule has 1 aromatic rings. The van der Waals surface area contributed by atoms with Crippen LogP contribution in [0.25, 0.3) is 0 Å². The first-order valence-electron chi connectivity index (χ1n) is 5.11. The fraction of sp³-hybridized carbons (Fsp3) is 0.455. The average Bonchev–Trinajstić information content (AvgIpc) is 2.23. The number of anilines is 1. The van der Waals surface area contributed by atoms with Crippen molar-refractivity contribution in [3.05, 3.63) is 29.8 Å². The van der Waals surface area contributed by atoms with E-state index in [1.54, 1.807) is 0 Å². The number of piperazine rings is 1. The van der Waals surface area contributed by atoms with E-state index in [2.05, 4.69) is 5.32 Å². The topological polar surface area (TPSA) is 15.3 Å². The minimum absolute atomic E-state index is 0.190. The van der Waals surface area contributed by atoms with Crippen molar-refractivity contribution in [3.63, 3.8) is 0 Å². The molecule has 1 fully saturated rings. The lowest BCUT2D eigenvalue weighted by molar-refractivity contribution is 0.488. The van der Waals surface area contributed by atoms with Gasteiger partial charge in [0.1, 0.15) is 11.6 Å². The summed E-state index contributed by atoms with van der Waals surface area (Å²) in [6, 6.07) is 3.78. The van der Waals surface area contributed by atoms with Gasteiger partial charge in [0.25, 0.3) is 0 Å². The Labute approximate surface area is 87.9 Å². The number of halogens is 2. The molecule has 0 aromatic heterocycles. The van der Waals surface area contributed by atoms with Crippen molar-refractivity contribution in [2.24, 2.45) is 0 Å². The Balaban J connectivity index is 2.30. The summed E-state index contributed by atoms with van der Waals surface area (Å²) in [6.45, 7) is 4.31. The summed E-state index contributed by atoms with van der Waals surface area (Å²) in [7, 11) is 0. The van der Waals surface area contributed by atoms with E-state index in [0.29, 0.717) is 12.2 Å². The van der Waals surface area contributed by atoms with Crippen LogP contribution in [0.3, 0.4) is 0 Å². The van der Waals surface area contributed by atoms with E-state index in [1.165, 1.54) is 12.1 Å². The molecule has 0 aliphatic carbocycles. The molecule has 1 aliphatic heterocycles. The standard InChI is InChI=1S/C11H14F2N2/c1-8-7-14-4-5-15(8)11-6-9(12)2-3-10(11)13/h2-3,6,8,14H,4-5,7H2,1H3. The van der Waals surface area contributed by atoms with Crippen LogP contribution in [0.15, 0.2) is 18.2 Å². The Morgan fingerprint density at radius 1 is 1.40 bits per heavy atom. The van der Waals surface area contributed by atoms with Crippen molar-refractivity contribution < 1.29 is 8.78 Å². The van der Waals surface area contributed by atoms with Crippen molar-refractivity contribution >= 4 is 5.69 Å². The van der Waals surface area contributed by atoms with Gasteiger partial charge in [-0.15, -0.1) is 0 Å². The zero-order valence-corrected chi connectivity index (χ0v) is 8.63. The summed E-state index contributed by atoms with van der Waals surface area (Å²) in [5.41, 5.74) is 0.365. The molecule has 0 spiro atoms. The van der Waals surface area contributed by atoms with Crippen molar-refractivity contribution in [2.75, 3.05) is 24.5 Å². The first-order chi connectivity index (χ1) is 7.18. The second kappa shape index (κ2) is 4.14. The molecule has 4 heteroatoms. The molecule has 1 atom stereocenters. The van der Waals surface area contributed by atoms with Gasteiger partial charge in [0.15, 0.2) is 0 Å². The van der Waals surface area contributed by atoms with Crippen molar-refractivity contribution in [2.45, 2.75) is 13.0 Å². The largest absolute Gasteiger partial charge is 0.364 e. The monoisotopic (exact) mass is 212 g/mol. The molecule has 15 heavy (non-hydrogen) atoms. The Morgan fingerprint density at radius 3 is 2.93 bits per heavy atom. The Hall–Kier alpha value is -1.16. The third kappa shape index (κ3) is 2.09. The van der Waals surface area contributed by atoms with Gasteiger partial charge in [-0.2, -0.15) is 0 Å². The molecule has 0 radical (unpaired) electrons. The molecule has 82 valence electrons. The zero-order valence-electron chi connectivity index (χ0n) is 8.63. The lowest BCUT2D eigenvalue weighted by atomic mass is 10.1. The van der Waals surface area contributed by atoms with Gasteiger partial charge in [-0.05, 0) is 19.1 Å². The smallest absolute Gasteiger partial charge is 0.146 e. The Kier molecular flexibility index (Phi) is 2.86. The van der Waals surface area contributed by atoms with E-state index in [-0.39, 0.29) is 11.9 Å². The fourth-order valence-corrected chi connectivity index (χ4v) is 1.90. The van der Waals surface area contributed by atoms with Gasteiger partial charge in [-0.1, -0.05) is 0 Å². The molecule has 1 unspecified atom stereocenters. The minimum Gasteiger partial charge on any atom is -0.364 e. The van der Waals surface area contributed by atoms with Gasteiger partial charge in [0.2, 0.25) is 0 Å². The van der Waals surface area contributed by atoms with Gasteiger partial charge in [-0.3, -0.25) is 0 Å². The second-order valence-corrected chi connectivity index (χ2v) is 3.84. The highest BCUT2D eigenvalue weighted by Gasteiger charge is 2.21. The number of hydrogen-bond acceptors (Lipinski definition) is 2. The molecule has 1 saturated heterocycles. The number of nitrogens with one attached hydrogen (secondary N) is 1. The van der Waals surface area contributed by atoms with Gasteiger partial charge in [0, 0.05) is 31.7 Å². The van der Waals surface area contributed by atoms with E-state index >= 15 is 0 Å². The van der Waals surface area contributed by atoms with E-state index in [9.17, 15) is 8.78 Å². The SMILES string of the molecule is CC1CNCCN1c1cc(F)ccc1F. The summed E-state index contributed by atoms with van der Waals surface area (Å²) in [5.74, 6) is -0.748. The molecule has 1 N–H and O–H groups in total. The number of hydrogen-bond donors (Lipinski definition) is 1. The van der Waals surface area contributed by atoms with Crippen LogP contribution in [0.4, 0.5) is 14.5 Å². The van der Waals surface area contributed by atoms with Crippen LogP contribution in [0.2, 0.25) is 0 Å². The summed E-state index contributed by atoms with van der Waals surface area (Å²) in [6.07, 6.45) is 0. The molecule has 0 saturated carbocycles. The molecule has 2 nitrogen and oxygen atoms in total. The van der Waals surface area contributed by atoms with Crippen LogP contribution < -0.4 is 10.2 Å². The van der Waals surface area contributed by atoms with Crippen molar-refractivity contribution in [3.8, 4) is 0 Å². The van der Waals surface area contributed by atoms with Crippen LogP contribution in [-0.4, -0.2) is 25.7 Å². The van der Waals surface area contributed by atoms with E-state index in [1.807, 2.05) is 11.8 Å². The molecule has 2 rings (SSSR count). The van der Waals surface area contributed by atoms with Crippen molar-refractivity contribution in [1.82, 2.24) is 5.32 Å². The maximum atomic E-state index is 13.5. The predicted octanol–water partition coefficient (Wildman–Crippen LogP) is 1.76. The third-order valence-corrected chi connectivity index (χ3v) is 2.72. The third-order valence-electron chi connectivity index (χ3n) is 2.72. The molecule has 1 aliphatic rings. The quantitative estimate of drug-likeness (QED) is 0.763. The minimum atomic E-state index is -0.392. The van der Waals surface area contributed by atoms with Crippen molar-refractivity contribution in [1.29, 1.82) is 0 Å². The molecular weight excluding hydrogens is 198 g/mol. The normalized spacial score (nSPS) is 21.8. The average molecular weight is 212 g/mol. The van der Waals surface area contributed by atoms with Crippen LogP contribution in [0.5, 0.6) is 0 Å². The molecule has 1 heterocycles. The fourth-order valence-electron chi connectivity index (χ4n) is 1.90. The zero-order chi connectivity index (χ0) is 10.8. The van der Waals surface area contributed by atoms with Crippen LogP contribution in [0.1, 0.15) is 6.92 Å². The van der Waals surface area contributed by atoms with Gasteiger partial charge in [-0.25, -0.2) is 8.78 Å². The molecule has 1 aromatic carbocycles. The number of nitrogens with zero attached hydrogens (tertiary/aromatic N) is 1. The summed E-state index contributed by atoms with van der Waals surface area (Å²) < 4.78 is 26.5. The number of benzene rings is 1. The highest BCUT2D eigenvalue weighted by molar-refractivity contribution is 5.49. The predicted molar refractivity (Wildman–Crippen MR) is 56.0 cm³/mol. The Morgan fingerprint density at radius 2 is 2.20 bits per heavy atom. The highest BCUT2D eigenvalue weighted by Crippen LogP contribution is 2.23. The lowest BCUT2D eigenvalue weighted by Gasteiger charge is -2.36. The lowest BCUT2D eigenvalue weighted by Crippen LogP contribution is -2.50. The first-order valence-corrected chi connectivity index (χ1v) is 5.11. The molecular formula is C11H14F2N2. The van der Waals surface area contributed by atoms with Gasteiger partial charge < -0.3 is 10.2 Å². The summed E-state index contributed by atoms with van der Waals surface area (Å²) >= 11 is 0. The number of rotatable bonds is 1. The maximum absolute atomic E-state index is 13.5. The highest BCUT2D eigenvalue weighted by atomic mass is 19.1. The summed E-state index contributed by atoms with van der Waals surface area (Å²) in [5, 5.41) is 3.21.